The first-order valence-electron chi connectivity index (χ1n) is 8.36. The van der Waals surface area contributed by atoms with Crippen LogP contribution >= 0.6 is 0 Å². The van der Waals surface area contributed by atoms with Crippen LogP contribution < -0.4 is 5.32 Å². The summed E-state index contributed by atoms with van der Waals surface area (Å²) in [7, 11) is 0. The van der Waals surface area contributed by atoms with E-state index >= 15 is 0 Å². The van der Waals surface area contributed by atoms with Gasteiger partial charge in [-0.3, -0.25) is 9.58 Å². The summed E-state index contributed by atoms with van der Waals surface area (Å²) in [4.78, 5) is 16.6. The minimum atomic E-state index is 0.0220. The van der Waals surface area contributed by atoms with E-state index in [4.69, 9.17) is 0 Å². The second-order valence-corrected chi connectivity index (χ2v) is 6.15. The molecule has 1 aromatic rings. The summed E-state index contributed by atoms with van der Waals surface area (Å²) in [6.45, 7) is 12.8. The van der Waals surface area contributed by atoms with Crippen molar-refractivity contribution in [3.63, 3.8) is 0 Å². The largest absolute Gasteiger partial charge is 0.332 e. The number of likely N-dealkylation sites (tertiary alicyclic amines) is 1. The summed E-state index contributed by atoms with van der Waals surface area (Å²) >= 11 is 0. The lowest BCUT2D eigenvalue weighted by atomic mass is 10.2. The maximum absolute atomic E-state index is 12.3. The zero-order valence-corrected chi connectivity index (χ0v) is 14.2. The summed E-state index contributed by atoms with van der Waals surface area (Å²) in [5.41, 5.74) is 0.904. The summed E-state index contributed by atoms with van der Waals surface area (Å²) in [6.07, 6.45) is 3.02. The SMILES string of the molecule is CCN(CC)[C@H]1CCN(C(=O)NCc2ccn(C(C)C)n2)C1. The molecule has 0 unspecified atom stereocenters. The maximum Gasteiger partial charge on any atom is 0.317 e. The predicted molar refractivity (Wildman–Crippen MR) is 87.7 cm³/mol. The average Bonchev–Trinajstić information content (AvgIpc) is 3.15. The average molecular weight is 307 g/mol. The Labute approximate surface area is 133 Å². The van der Waals surface area contributed by atoms with Crippen LogP contribution in [0.25, 0.3) is 0 Å². The van der Waals surface area contributed by atoms with Gasteiger partial charge in [-0.25, -0.2) is 4.79 Å². The van der Waals surface area contributed by atoms with Gasteiger partial charge in [0.05, 0.1) is 12.2 Å². The number of nitrogens with zero attached hydrogens (tertiary/aromatic N) is 4. The van der Waals surface area contributed by atoms with Crippen molar-refractivity contribution in [2.75, 3.05) is 26.2 Å². The number of likely N-dealkylation sites (N-methyl/N-ethyl adjacent to an activating group) is 1. The van der Waals surface area contributed by atoms with Crippen molar-refractivity contribution in [1.82, 2.24) is 24.9 Å². The molecule has 1 aliphatic rings. The van der Waals surface area contributed by atoms with E-state index in [9.17, 15) is 4.79 Å². The number of carbonyl (C=O) groups excluding carboxylic acids is 1. The highest BCUT2D eigenvalue weighted by molar-refractivity contribution is 5.74. The molecule has 1 saturated heterocycles. The number of carbonyl (C=O) groups is 1. The molecular weight excluding hydrogens is 278 g/mol. The first kappa shape index (κ1) is 16.8. The predicted octanol–water partition coefficient (Wildman–Crippen LogP) is 2.09. The fourth-order valence-corrected chi connectivity index (χ4v) is 3.00. The molecule has 0 spiro atoms. The van der Waals surface area contributed by atoms with E-state index in [1.165, 1.54) is 0 Å². The Morgan fingerprint density at radius 3 is 2.77 bits per heavy atom. The van der Waals surface area contributed by atoms with Crippen molar-refractivity contribution in [3.05, 3.63) is 18.0 Å². The van der Waals surface area contributed by atoms with Crippen molar-refractivity contribution >= 4 is 6.03 Å². The van der Waals surface area contributed by atoms with Crippen molar-refractivity contribution in [2.24, 2.45) is 0 Å². The van der Waals surface area contributed by atoms with E-state index in [0.29, 0.717) is 18.6 Å². The van der Waals surface area contributed by atoms with Crippen LogP contribution in [0, 0.1) is 0 Å². The zero-order valence-electron chi connectivity index (χ0n) is 14.2. The van der Waals surface area contributed by atoms with Crippen LogP contribution in [-0.2, 0) is 6.54 Å². The lowest BCUT2D eigenvalue weighted by molar-refractivity contribution is 0.192. The highest BCUT2D eigenvalue weighted by atomic mass is 16.2. The zero-order chi connectivity index (χ0) is 16.1. The van der Waals surface area contributed by atoms with Gasteiger partial charge >= 0.3 is 6.03 Å². The lowest BCUT2D eigenvalue weighted by Crippen LogP contribution is -2.42. The van der Waals surface area contributed by atoms with E-state index in [1.807, 2.05) is 21.8 Å². The Bertz CT molecular complexity index is 481. The Balaban J connectivity index is 1.80. The van der Waals surface area contributed by atoms with Crippen LogP contribution in [0.2, 0.25) is 0 Å². The first-order valence-corrected chi connectivity index (χ1v) is 8.36. The number of urea groups is 1. The molecule has 1 N–H and O–H groups in total. The van der Waals surface area contributed by atoms with E-state index in [1.54, 1.807) is 0 Å². The third kappa shape index (κ3) is 4.00. The van der Waals surface area contributed by atoms with Gasteiger partial charge in [0, 0.05) is 31.4 Å². The molecule has 0 aromatic carbocycles. The van der Waals surface area contributed by atoms with Crippen LogP contribution in [-0.4, -0.2) is 57.8 Å². The molecule has 1 aromatic heterocycles. The maximum atomic E-state index is 12.3. The molecule has 6 heteroatoms. The molecule has 124 valence electrons. The van der Waals surface area contributed by atoms with Crippen molar-refractivity contribution in [1.29, 1.82) is 0 Å². The van der Waals surface area contributed by atoms with Gasteiger partial charge in [-0.15, -0.1) is 0 Å². The standard InChI is InChI=1S/C16H29N5O/c1-5-19(6-2)15-8-9-20(12-15)16(22)17-11-14-7-10-21(18-14)13(3)4/h7,10,13,15H,5-6,8-9,11-12H2,1-4H3,(H,17,22)/t15-/m0/s1. The van der Waals surface area contributed by atoms with Gasteiger partial charge in [-0.2, -0.15) is 5.10 Å². The summed E-state index contributed by atoms with van der Waals surface area (Å²) < 4.78 is 1.91. The lowest BCUT2D eigenvalue weighted by Gasteiger charge is -2.26. The number of aromatic nitrogens is 2. The molecule has 2 heterocycles. The van der Waals surface area contributed by atoms with Gasteiger partial charge in [0.15, 0.2) is 0 Å². The second kappa shape index (κ2) is 7.63. The molecule has 0 aliphatic carbocycles. The van der Waals surface area contributed by atoms with E-state index in [0.717, 1.165) is 38.3 Å². The molecule has 1 aliphatic heterocycles. The molecule has 6 nitrogen and oxygen atoms in total. The molecule has 2 amide bonds. The van der Waals surface area contributed by atoms with Gasteiger partial charge in [-0.05, 0) is 39.4 Å². The molecule has 22 heavy (non-hydrogen) atoms. The minimum Gasteiger partial charge on any atom is -0.332 e. The van der Waals surface area contributed by atoms with Crippen LogP contribution in [0.4, 0.5) is 4.79 Å². The van der Waals surface area contributed by atoms with Crippen LogP contribution in [0.15, 0.2) is 12.3 Å². The number of hydrogen-bond acceptors (Lipinski definition) is 3. The van der Waals surface area contributed by atoms with Gasteiger partial charge in [-0.1, -0.05) is 13.8 Å². The first-order chi connectivity index (χ1) is 10.5. The fraction of sp³-hybridized carbons (Fsp3) is 0.750. The molecule has 0 bridgehead atoms. The summed E-state index contributed by atoms with van der Waals surface area (Å²) in [5, 5.41) is 7.43. The number of hydrogen-bond donors (Lipinski definition) is 1. The van der Waals surface area contributed by atoms with Crippen LogP contribution in [0.5, 0.6) is 0 Å². The molecule has 0 radical (unpaired) electrons. The minimum absolute atomic E-state index is 0.0220. The number of nitrogens with one attached hydrogen (secondary N) is 1. The van der Waals surface area contributed by atoms with Crippen molar-refractivity contribution in [2.45, 2.75) is 52.7 Å². The van der Waals surface area contributed by atoms with Crippen molar-refractivity contribution < 1.29 is 4.79 Å². The number of amides is 2. The fourth-order valence-electron chi connectivity index (χ4n) is 3.00. The third-order valence-electron chi connectivity index (χ3n) is 4.39. The Kier molecular flexibility index (Phi) is 5.83. The van der Waals surface area contributed by atoms with Crippen molar-refractivity contribution in [3.8, 4) is 0 Å². The molecule has 1 fully saturated rings. The third-order valence-corrected chi connectivity index (χ3v) is 4.39. The normalized spacial score (nSPS) is 18.5. The summed E-state index contributed by atoms with van der Waals surface area (Å²) in [6, 6.07) is 2.83. The van der Waals surface area contributed by atoms with Gasteiger partial charge in [0.1, 0.15) is 0 Å². The Morgan fingerprint density at radius 2 is 2.18 bits per heavy atom. The highest BCUT2D eigenvalue weighted by Crippen LogP contribution is 2.15. The Morgan fingerprint density at radius 1 is 1.45 bits per heavy atom. The summed E-state index contributed by atoms with van der Waals surface area (Å²) in [5.74, 6) is 0. The number of rotatable bonds is 6. The quantitative estimate of drug-likeness (QED) is 0.875. The van der Waals surface area contributed by atoms with E-state index in [2.05, 4.69) is 43.0 Å². The van der Waals surface area contributed by atoms with E-state index < -0.39 is 0 Å². The van der Waals surface area contributed by atoms with Crippen LogP contribution in [0.1, 0.15) is 45.9 Å². The molecular formula is C16H29N5O. The Hall–Kier alpha value is -1.56. The van der Waals surface area contributed by atoms with E-state index in [-0.39, 0.29) is 6.03 Å². The smallest absolute Gasteiger partial charge is 0.317 e. The van der Waals surface area contributed by atoms with Crippen LogP contribution in [0.3, 0.4) is 0 Å². The van der Waals surface area contributed by atoms with Gasteiger partial charge in [0.2, 0.25) is 0 Å². The highest BCUT2D eigenvalue weighted by Gasteiger charge is 2.28. The van der Waals surface area contributed by atoms with Gasteiger partial charge < -0.3 is 10.2 Å². The molecule has 0 saturated carbocycles. The topological polar surface area (TPSA) is 53.4 Å². The van der Waals surface area contributed by atoms with Gasteiger partial charge in [0.25, 0.3) is 0 Å². The molecule has 1 atom stereocenters. The monoisotopic (exact) mass is 307 g/mol. The second-order valence-electron chi connectivity index (χ2n) is 6.15. The molecule has 2 rings (SSSR count).